The lowest BCUT2D eigenvalue weighted by Gasteiger charge is -2.19. The van der Waals surface area contributed by atoms with Crippen molar-refractivity contribution >= 4 is 19.8 Å². The average molecular weight is 1010 g/mol. The highest BCUT2D eigenvalue weighted by atomic mass is 31.2. The maximum absolute atomic E-state index is 12.6. The number of allylic oxidation sites excluding steroid dienone is 2. The smallest absolute Gasteiger partial charge is 0.462 e. The van der Waals surface area contributed by atoms with Crippen LogP contribution in [0.1, 0.15) is 328 Å². The molecule has 0 bridgehead atoms. The van der Waals surface area contributed by atoms with Gasteiger partial charge in [0, 0.05) is 19.4 Å². The Morgan fingerprint density at radius 1 is 0.414 bits per heavy atom. The van der Waals surface area contributed by atoms with Crippen molar-refractivity contribution in [1.29, 1.82) is 0 Å². The first-order valence-electron chi connectivity index (χ1n) is 30.7. The first-order valence-corrected chi connectivity index (χ1v) is 32.2. The van der Waals surface area contributed by atoms with Gasteiger partial charge in [0.1, 0.15) is 6.61 Å². The molecule has 10 heteroatoms. The van der Waals surface area contributed by atoms with Crippen molar-refractivity contribution < 1.29 is 37.6 Å². The minimum absolute atomic E-state index is 0.0574. The molecule has 70 heavy (non-hydrogen) atoms. The van der Waals surface area contributed by atoms with Gasteiger partial charge in [-0.05, 0) is 38.5 Å². The van der Waals surface area contributed by atoms with Gasteiger partial charge in [0.25, 0.3) is 0 Å². The zero-order chi connectivity index (χ0) is 51.0. The molecule has 0 aromatic rings. The van der Waals surface area contributed by atoms with E-state index in [1.165, 1.54) is 263 Å². The van der Waals surface area contributed by atoms with Crippen molar-refractivity contribution in [3.8, 4) is 0 Å². The molecule has 0 heterocycles. The van der Waals surface area contributed by atoms with Crippen molar-refractivity contribution in [2.24, 2.45) is 5.73 Å². The standard InChI is InChI=1S/C60H118NO8P/c1-3-5-7-9-11-13-14-15-16-17-18-19-20-21-22-23-24-25-26-27-28-29-30-31-32-33-34-35-36-37-38-39-40-41-42-43-44-45-47-49-51-53-60(63)69-58(57-68-70(64,65)67-55-54-61)56-66-59(62)52-50-48-46-12-10-8-6-4-2/h17-18,58H,3-16,19-57,61H2,1-2H3,(H,64,65)/b18-17-. The Labute approximate surface area is 434 Å². The van der Waals surface area contributed by atoms with Gasteiger partial charge in [0.2, 0.25) is 0 Å². The van der Waals surface area contributed by atoms with Crippen LogP contribution < -0.4 is 5.73 Å². The van der Waals surface area contributed by atoms with Crippen molar-refractivity contribution in [3.05, 3.63) is 12.2 Å². The second kappa shape index (κ2) is 57.0. The number of hydrogen-bond donors (Lipinski definition) is 2. The molecule has 0 fully saturated rings. The lowest BCUT2D eigenvalue weighted by atomic mass is 10.0. The molecule has 0 aliphatic heterocycles. The van der Waals surface area contributed by atoms with Crippen molar-refractivity contribution in [1.82, 2.24) is 0 Å². The maximum Gasteiger partial charge on any atom is 0.472 e. The molecule has 0 aliphatic rings. The summed E-state index contributed by atoms with van der Waals surface area (Å²) < 4.78 is 32.8. The van der Waals surface area contributed by atoms with E-state index in [9.17, 15) is 19.0 Å². The predicted molar refractivity (Wildman–Crippen MR) is 298 cm³/mol. The summed E-state index contributed by atoms with van der Waals surface area (Å²) in [6.45, 7) is 3.75. The van der Waals surface area contributed by atoms with E-state index >= 15 is 0 Å². The first kappa shape index (κ1) is 68.8. The lowest BCUT2D eigenvalue weighted by molar-refractivity contribution is -0.161. The highest BCUT2D eigenvalue weighted by molar-refractivity contribution is 7.47. The Kier molecular flexibility index (Phi) is 56.0. The maximum atomic E-state index is 12.6. The average Bonchev–Trinajstić information content (AvgIpc) is 3.35. The molecule has 0 spiro atoms. The van der Waals surface area contributed by atoms with Crippen LogP contribution in [0.25, 0.3) is 0 Å². The zero-order valence-corrected chi connectivity index (χ0v) is 47.4. The summed E-state index contributed by atoms with van der Waals surface area (Å²) in [5.41, 5.74) is 5.36. The van der Waals surface area contributed by atoms with Gasteiger partial charge in [-0.15, -0.1) is 0 Å². The third kappa shape index (κ3) is 56.1. The second-order valence-corrected chi connectivity index (χ2v) is 22.4. The SMILES string of the molecule is CCCCCCCCCC/C=C\CCCCCCCCCCCCCCCCCCCCCCCCCCCCCCCC(=O)OC(COC(=O)CCCCCCCCCC)COP(=O)(O)OCCN. The van der Waals surface area contributed by atoms with Crippen LogP contribution in [0.5, 0.6) is 0 Å². The van der Waals surface area contributed by atoms with Crippen LogP contribution in [0.2, 0.25) is 0 Å². The molecule has 3 N–H and O–H groups in total. The third-order valence-electron chi connectivity index (χ3n) is 13.9. The van der Waals surface area contributed by atoms with Gasteiger partial charge in [0.05, 0.1) is 13.2 Å². The first-order chi connectivity index (χ1) is 34.3. The number of esters is 2. The molecule has 2 atom stereocenters. The topological polar surface area (TPSA) is 134 Å². The van der Waals surface area contributed by atoms with Crippen LogP contribution in [0.3, 0.4) is 0 Å². The van der Waals surface area contributed by atoms with Crippen LogP contribution >= 0.6 is 7.82 Å². The second-order valence-electron chi connectivity index (χ2n) is 20.9. The van der Waals surface area contributed by atoms with Gasteiger partial charge in [-0.2, -0.15) is 0 Å². The number of rotatable bonds is 59. The van der Waals surface area contributed by atoms with E-state index in [1.807, 2.05) is 0 Å². The number of phosphoric ester groups is 1. The van der Waals surface area contributed by atoms with Gasteiger partial charge in [-0.3, -0.25) is 18.6 Å². The number of unbranched alkanes of at least 4 members (excludes halogenated alkanes) is 44. The van der Waals surface area contributed by atoms with Gasteiger partial charge in [-0.1, -0.05) is 289 Å². The van der Waals surface area contributed by atoms with Crippen LogP contribution in [0.15, 0.2) is 12.2 Å². The quantitative estimate of drug-likeness (QED) is 0.0264. The third-order valence-corrected chi connectivity index (χ3v) is 14.9. The summed E-state index contributed by atoms with van der Waals surface area (Å²) in [7, 11) is -4.37. The Hall–Kier alpha value is -1.25. The summed E-state index contributed by atoms with van der Waals surface area (Å²) in [5.74, 6) is -0.815. The molecule has 0 saturated carbocycles. The van der Waals surface area contributed by atoms with E-state index < -0.39 is 26.5 Å². The van der Waals surface area contributed by atoms with E-state index in [0.29, 0.717) is 6.42 Å². The molecule has 0 radical (unpaired) electrons. The Morgan fingerprint density at radius 3 is 1.01 bits per heavy atom. The van der Waals surface area contributed by atoms with E-state index in [0.717, 1.165) is 32.1 Å². The van der Waals surface area contributed by atoms with Crippen LogP contribution in [-0.4, -0.2) is 49.3 Å². The number of ether oxygens (including phenoxy) is 2. The highest BCUT2D eigenvalue weighted by Crippen LogP contribution is 2.43. The Morgan fingerprint density at radius 2 is 0.700 bits per heavy atom. The molecular weight excluding hydrogens is 894 g/mol. The summed E-state index contributed by atoms with van der Waals surface area (Å²) in [4.78, 5) is 34.9. The molecule has 0 saturated heterocycles. The summed E-state index contributed by atoms with van der Waals surface area (Å²) in [5, 5.41) is 0. The van der Waals surface area contributed by atoms with Gasteiger partial charge < -0.3 is 20.1 Å². The summed E-state index contributed by atoms with van der Waals surface area (Å²) in [6, 6.07) is 0. The largest absolute Gasteiger partial charge is 0.472 e. The molecule has 0 aliphatic carbocycles. The fourth-order valence-electron chi connectivity index (χ4n) is 9.34. The molecular formula is C60H118NO8P. The zero-order valence-electron chi connectivity index (χ0n) is 46.5. The van der Waals surface area contributed by atoms with Crippen LogP contribution in [-0.2, 0) is 32.7 Å². The molecule has 416 valence electrons. The lowest BCUT2D eigenvalue weighted by Crippen LogP contribution is -2.29. The molecule has 9 nitrogen and oxygen atoms in total. The number of hydrogen-bond acceptors (Lipinski definition) is 8. The molecule has 0 aromatic heterocycles. The highest BCUT2D eigenvalue weighted by Gasteiger charge is 2.26. The Bertz CT molecular complexity index is 1150. The predicted octanol–water partition coefficient (Wildman–Crippen LogP) is 19.2. The van der Waals surface area contributed by atoms with E-state index in [-0.39, 0.29) is 38.6 Å². The number of phosphoric acid groups is 1. The minimum atomic E-state index is -4.37. The van der Waals surface area contributed by atoms with E-state index in [2.05, 4.69) is 26.0 Å². The van der Waals surface area contributed by atoms with Gasteiger partial charge in [0.15, 0.2) is 6.10 Å². The molecule has 0 aromatic carbocycles. The van der Waals surface area contributed by atoms with E-state index in [4.69, 9.17) is 24.3 Å². The fourth-order valence-corrected chi connectivity index (χ4v) is 10.1. The summed E-state index contributed by atoms with van der Waals surface area (Å²) >= 11 is 0. The normalized spacial score (nSPS) is 13.0. The van der Waals surface area contributed by atoms with E-state index in [1.54, 1.807) is 0 Å². The number of carbonyl (C=O) groups is 2. The number of carbonyl (C=O) groups excluding carboxylic acids is 2. The Balaban J connectivity index is 3.60. The molecule has 0 amide bonds. The number of nitrogens with two attached hydrogens (primary N) is 1. The van der Waals surface area contributed by atoms with Crippen LogP contribution in [0.4, 0.5) is 0 Å². The fraction of sp³-hybridized carbons (Fsp3) is 0.933. The van der Waals surface area contributed by atoms with Crippen molar-refractivity contribution in [3.63, 3.8) is 0 Å². The van der Waals surface area contributed by atoms with Crippen molar-refractivity contribution in [2.45, 2.75) is 335 Å². The van der Waals surface area contributed by atoms with Gasteiger partial charge >= 0.3 is 19.8 Å². The van der Waals surface area contributed by atoms with Crippen molar-refractivity contribution in [2.75, 3.05) is 26.4 Å². The summed E-state index contributed by atoms with van der Waals surface area (Å²) in [6.07, 6.45) is 66.4. The molecule has 2 unspecified atom stereocenters. The molecule has 0 rings (SSSR count). The monoisotopic (exact) mass is 1010 g/mol. The van der Waals surface area contributed by atoms with Crippen LogP contribution in [0, 0.1) is 0 Å². The van der Waals surface area contributed by atoms with Gasteiger partial charge in [-0.25, -0.2) is 4.57 Å². The minimum Gasteiger partial charge on any atom is -0.462 e.